The van der Waals surface area contributed by atoms with Crippen molar-refractivity contribution in [3.63, 3.8) is 0 Å². The topological polar surface area (TPSA) is 66.5 Å². The molecule has 3 rings (SSSR count). The molecule has 1 aliphatic heterocycles. The van der Waals surface area contributed by atoms with Gasteiger partial charge in [0.15, 0.2) is 0 Å². The molecule has 0 aromatic heterocycles. The minimum Gasteiger partial charge on any atom is -0.351 e. The van der Waals surface area contributed by atoms with Crippen LogP contribution in [-0.2, 0) is 21.4 Å². The summed E-state index contributed by atoms with van der Waals surface area (Å²) in [5.41, 5.74) is 0.872. The number of nitrogens with zero attached hydrogens (tertiary/aromatic N) is 1. The first-order valence-electron chi connectivity index (χ1n) is 8.67. The van der Waals surface area contributed by atoms with E-state index in [1.807, 2.05) is 0 Å². The monoisotopic (exact) mass is 410 g/mol. The number of halogens is 2. The van der Waals surface area contributed by atoms with E-state index in [0.717, 1.165) is 24.1 Å². The van der Waals surface area contributed by atoms with E-state index in [0.29, 0.717) is 17.9 Å². The first-order valence-corrected chi connectivity index (χ1v) is 10.5. The molecule has 1 heterocycles. The summed E-state index contributed by atoms with van der Waals surface area (Å²) in [4.78, 5) is 12.7. The zero-order valence-electron chi connectivity index (χ0n) is 14.6. The third kappa shape index (κ3) is 4.66. The van der Waals surface area contributed by atoms with Crippen LogP contribution in [0.3, 0.4) is 0 Å². The molecule has 0 spiro atoms. The molecule has 1 N–H and O–H groups in total. The molecule has 5 nitrogen and oxygen atoms in total. The summed E-state index contributed by atoms with van der Waals surface area (Å²) in [7, 11) is -3.87. The SMILES string of the molecule is O=C(NCc1ccc(Cl)cc1)[C@H]1CCCCN1S(=O)(=O)c1ccc(F)cc1. The van der Waals surface area contributed by atoms with Crippen molar-refractivity contribution in [2.75, 3.05) is 6.54 Å². The number of hydrogen-bond donors (Lipinski definition) is 1. The third-order valence-corrected chi connectivity index (χ3v) is 6.73. The van der Waals surface area contributed by atoms with E-state index in [9.17, 15) is 17.6 Å². The van der Waals surface area contributed by atoms with Gasteiger partial charge in [0.1, 0.15) is 11.9 Å². The Balaban J connectivity index is 1.75. The molecule has 1 saturated heterocycles. The number of benzene rings is 2. The van der Waals surface area contributed by atoms with Gasteiger partial charge in [-0.2, -0.15) is 4.31 Å². The van der Waals surface area contributed by atoms with Gasteiger partial charge in [-0.3, -0.25) is 4.79 Å². The number of nitrogens with one attached hydrogen (secondary N) is 1. The van der Waals surface area contributed by atoms with E-state index in [4.69, 9.17) is 11.6 Å². The average Bonchev–Trinajstić information content (AvgIpc) is 2.67. The molecule has 0 radical (unpaired) electrons. The predicted octanol–water partition coefficient (Wildman–Crippen LogP) is 3.34. The largest absolute Gasteiger partial charge is 0.351 e. The molecule has 144 valence electrons. The molecule has 1 atom stereocenters. The quantitative estimate of drug-likeness (QED) is 0.822. The molecular formula is C19H20ClFN2O3S. The highest BCUT2D eigenvalue weighted by Crippen LogP contribution is 2.26. The molecular weight excluding hydrogens is 391 g/mol. The Kier molecular flexibility index (Phi) is 6.14. The highest BCUT2D eigenvalue weighted by molar-refractivity contribution is 7.89. The van der Waals surface area contributed by atoms with E-state index in [-0.39, 0.29) is 23.9 Å². The molecule has 2 aromatic carbocycles. The Labute approximate surface area is 163 Å². The lowest BCUT2D eigenvalue weighted by Gasteiger charge is -2.33. The number of carbonyl (C=O) groups excluding carboxylic acids is 1. The summed E-state index contributed by atoms with van der Waals surface area (Å²) in [6.07, 6.45) is 1.91. The predicted molar refractivity (Wildman–Crippen MR) is 101 cm³/mol. The number of hydrogen-bond acceptors (Lipinski definition) is 3. The number of amides is 1. The smallest absolute Gasteiger partial charge is 0.243 e. The second-order valence-electron chi connectivity index (χ2n) is 6.43. The maximum absolute atomic E-state index is 13.1. The Morgan fingerprint density at radius 3 is 2.44 bits per heavy atom. The van der Waals surface area contributed by atoms with Gasteiger partial charge in [0.25, 0.3) is 0 Å². The van der Waals surface area contributed by atoms with Crippen LogP contribution < -0.4 is 5.32 Å². The summed E-state index contributed by atoms with van der Waals surface area (Å²) in [6.45, 7) is 0.551. The first-order chi connectivity index (χ1) is 12.9. The molecule has 0 unspecified atom stereocenters. The fraction of sp³-hybridized carbons (Fsp3) is 0.316. The molecule has 1 fully saturated rings. The number of rotatable bonds is 5. The van der Waals surface area contributed by atoms with Gasteiger partial charge in [0.05, 0.1) is 4.90 Å². The van der Waals surface area contributed by atoms with Gasteiger partial charge in [-0.25, -0.2) is 12.8 Å². The molecule has 0 aliphatic carbocycles. The summed E-state index contributed by atoms with van der Waals surface area (Å²) in [5.74, 6) is -0.847. The zero-order valence-corrected chi connectivity index (χ0v) is 16.1. The highest BCUT2D eigenvalue weighted by Gasteiger charge is 2.37. The van der Waals surface area contributed by atoms with E-state index in [2.05, 4.69) is 5.32 Å². The summed E-state index contributed by atoms with van der Waals surface area (Å²) in [5, 5.41) is 3.41. The molecule has 27 heavy (non-hydrogen) atoms. The van der Waals surface area contributed by atoms with Gasteiger partial charge < -0.3 is 5.32 Å². The number of sulfonamides is 1. The second-order valence-corrected chi connectivity index (χ2v) is 8.75. The molecule has 2 aromatic rings. The maximum Gasteiger partial charge on any atom is 0.243 e. The van der Waals surface area contributed by atoms with E-state index in [1.165, 1.54) is 16.4 Å². The van der Waals surface area contributed by atoms with Crippen molar-refractivity contribution in [1.82, 2.24) is 9.62 Å². The fourth-order valence-corrected chi connectivity index (χ4v) is 4.89. The van der Waals surface area contributed by atoms with Gasteiger partial charge >= 0.3 is 0 Å². The van der Waals surface area contributed by atoms with Crippen LogP contribution in [-0.4, -0.2) is 31.2 Å². The highest BCUT2D eigenvalue weighted by atomic mass is 35.5. The normalized spacial score (nSPS) is 18.2. The summed E-state index contributed by atoms with van der Waals surface area (Å²) >= 11 is 5.85. The van der Waals surface area contributed by atoms with Crippen molar-refractivity contribution in [3.05, 3.63) is 64.9 Å². The van der Waals surface area contributed by atoms with E-state index in [1.54, 1.807) is 24.3 Å². The van der Waals surface area contributed by atoms with Crippen molar-refractivity contribution in [2.24, 2.45) is 0 Å². The maximum atomic E-state index is 13.1. The standard InChI is InChI=1S/C19H20ClFN2O3S/c20-15-6-4-14(5-7-15)13-22-19(24)18-3-1-2-12-23(18)27(25,26)17-10-8-16(21)9-11-17/h4-11,18H,1-3,12-13H2,(H,22,24)/t18-/m1/s1. The molecule has 1 amide bonds. The summed E-state index contributed by atoms with van der Waals surface area (Å²) in [6, 6.07) is 10.9. The Hall–Kier alpha value is -1.96. The molecule has 1 aliphatic rings. The Morgan fingerprint density at radius 2 is 1.78 bits per heavy atom. The Morgan fingerprint density at radius 1 is 1.11 bits per heavy atom. The number of piperidine rings is 1. The summed E-state index contributed by atoms with van der Waals surface area (Å²) < 4.78 is 40.2. The van der Waals surface area contributed by atoms with Crippen LogP contribution >= 0.6 is 11.6 Å². The lowest BCUT2D eigenvalue weighted by molar-refractivity contribution is -0.125. The third-order valence-electron chi connectivity index (χ3n) is 4.56. The Bertz CT molecular complexity index is 902. The van der Waals surface area contributed by atoms with Crippen LogP contribution in [0.5, 0.6) is 0 Å². The molecule has 0 bridgehead atoms. The van der Waals surface area contributed by atoms with Gasteiger partial charge in [0, 0.05) is 18.1 Å². The second kappa shape index (κ2) is 8.37. The zero-order chi connectivity index (χ0) is 19.4. The van der Waals surface area contributed by atoms with Gasteiger partial charge in [-0.1, -0.05) is 30.2 Å². The van der Waals surface area contributed by atoms with Crippen molar-refractivity contribution >= 4 is 27.5 Å². The van der Waals surface area contributed by atoms with E-state index < -0.39 is 21.9 Å². The van der Waals surface area contributed by atoms with Crippen LogP contribution in [0.2, 0.25) is 5.02 Å². The fourth-order valence-electron chi connectivity index (χ4n) is 3.11. The van der Waals surface area contributed by atoms with E-state index >= 15 is 0 Å². The van der Waals surface area contributed by atoms with Crippen molar-refractivity contribution in [1.29, 1.82) is 0 Å². The van der Waals surface area contributed by atoms with Crippen LogP contribution in [0.1, 0.15) is 24.8 Å². The van der Waals surface area contributed by atoms with Crippen LogP contribution in [0.15, 0.2) is 53.4 Å². The lowest BCUT2D eigenvalue weighted by atomic mass is 10.0. The first kappa shape index (κ1) is 19.8. The number of carbonyl (C=O) groups is 1. The van der Waals surface area contributed by atoms with Crippen molar-refractivity contribution in [2.45, 2.75) is 36.7 Å². The van der Waals surface area contributed by atoms with Crippen LogP contribution in [0.25, 0.3) is 0 Å². The lowest BCUT2D eigenvalue weighted by Crippen LogP contribution is -2.51. The van der Waals surface area contributed by atoms with Crippen LogP contribution in [0, 0.1) is 5.82 Å². The van der Waals surface area contributed by atoms with Gasteiger partial charge in [-0.05, 0) is 54.8 Å². The average molecular weight is 411 g/mol. The molecule has 0 saturated carbocycles. The van der Waals surface area contributed by atoms with Gasteiger partial charge in [-0.15, -0.1) is 0 Å². The minimum atomic E-state index is -3.87. The minimum absolute atomic E-state index is 0.0127. The van der Waals surface area contributed by atoms with Crippen molar-refractivity contribution < 1.29 is 17.6 Å². The van der Waals surface area contributed by atoms with Gasteiger partial charge in [0.2, 0.25) is 15.9 Å². The van der Waals surface area contributed by atoms with Crippen molar-refractivity contribution in [3.8, 4) is 0 Å². The van der Waals surface area contributed by atoms with Crippen LogP contribution in [0.4, 0.5) is 4.39 Å². The molecule has 8 heteroatoms.